The lowest BCUT2D eigenvalue weighted by Crippen LogP contribution is -2.52. The van der Waals surface area contributed by atoms with Gasteiger partial charge in [-0.2, -0.15) is 0 Å². The van der Waals surface area contributed by atoms with Crippen LogP contribution in [0.1, 0.15) is 45.9 Å². The van der Waals surface area contributed by atoms with Crippen LogP contribution in [0.15, 0.2) is 78.9 Å². The molecule has 3 heterocycles. The highest BCUT2D eigenvalue weighted by Gasteiger charge is 2.36. The van der Waals surface area contributed by atoms with Gasteiger partial charge in [-0.15, -0.1) is 0 Å². The number of carbonyl (C=O) groups is 2. The molecule has 2 atom stereocenters. The third-order valence-electron chi connectivity index (χ3n) is 7.02. The molecule has 0 radical (unpaired) electrons. The molecule has 0 spiro atoms. The Labute approximate surface area is 210 Å². The van der Waals surface area contributed by atoms with E-state index in [0.29, 0.717) is 11.7 Å². The molecule has 6 rings (SSSR count). The number of fused-ring (bicyclic) bond motifs is 3. The summed E-state index contributed by atoms with van der Waals surface area (Å²) in [4.78, 5) is 26.6. The Balaban J connectivity index is 1.30. The van der Waals surface area contributed by atoms with Gasteiger partial charge in [-0.3, -0.25) is 4.90 Å². The van der Waals surface area contributed by atoms with Gasteiger partial charge in [-0.1, -0.05) is 54.6 Å². The molecule has 186 valence electrons. The highest BCUT2D eigenvalue weighted by atomic mass is 16.6. The molecule has 7 heteroatoms. The lowest BCUT2D eigenvalue weighted by atomic mass is 9.86. The minimum atomic E-state index is -0.972. The van der Waals surface area contributed by atoms with Gasteiger partial charge in [0, 0.05) is 6.54 Å². The first kappa shape index (κ1) is 23.9. The van der Waals surface area contributed by atoms with Gasteiger partial charge in [0.15, 0.2) is 0 Å². The maximum Gasteiger partial charge on any atom is 0.408 e. The lowest BCUT2D eigenvalue weighted by Gasteiger charge is -2.43. The zero-order valence-corrected chi connectivity index (χ0v) is 20.0. The normalized spacial score (nSPS) is 21.4. The number of nitrogens with zero attached hydrogens (tertiary/aromatic N) is 1. The van der Waals surface area contributed by atoms with Crippen molar-refractivity contribution < 1.29 is 24.2 Å². The topological polar surface area (TPSA) is 88.1 Å². The van der Waals surface area contributed by atoms with Crippen molar-refractivity contribution in [1.29, 1.82) is 0 Å². The van der Waals surface area contributed by atoms with Gasteiger partial charge in [0.1, 0.15) is 18.5 Å². The predicted octanol–water partition coefficient (Wildman–Crippen LogP) is 4.87. The van der Waals surface area contributed by atoms with E-state index in [-0.39, 0.29) is 18.3 Å². The number of carboxylic acids is 1. The molecule has 3 aromatic carbocycles. The average molecular weight is 487 g/mol. The number of amides is 1. The minimum absolute atomic E-state index is 0.0693. The van der Waals surface area contributed by atoms with Crippen LogP contribution in [0.25, 0.3) is 0 Å². The van der Waals surface area contributed by atoms with Crippen LogP contribution in [-0.2, 0) is 11.3 Å². The van der Waals surface area contributed by atoms with Gasteiger partial charge in [-0.05, 0) is 72.8 Å². The van der Waals surface area contributed by atoms with Crippen molar-refractivity contribution in [2.24, 2.45) is 5.92 Å². The fourth-order valence-electron chi connectivity index (χ4n) is 5.08. The molecule has 3 aromatic rings. The molecule has 3 aliphatic heterocycles. The maximum absolute atomic E-state index is 13.0. The number of nitrogens with one attached hydrogen (secondary N) is 1. The van der Waals surface area contributed by atoms with Gasteiger partial charge in [0.05, 0.1) is 11.6 Å². The number of hydrogen-bond donors (Lipinski definition) is 2. The monoisotopic (exact) mass is 486 g/mol. The third-order valence-corrected chi connectivity index (χ3v) is 7.02. The number of alkyl carbamates (subject to hydrolysis) is 1. The van der Waals surface area contributed by atoms with Crippen LogP contribution in [0.4, 0.5) is 4.79 Å². The molecule has 7 nitrogen and oxygen atoms in total. The standard InChI is InChI=1S/C29H30N2O5/c32-28(33)24-10-4-6-20(16-24)19-35-25-11-5-9-23(17-25)27(22-7-2-1-3-8-22)30-29(34)36-26-18-31-14-12-21(26)13-15-31/h1-11,16-17,21,26-27H,12-15,18-19H2,(H,30,34)(H,32,33)/t26-,27?/m0/s1. The van der Waals surface area contributed by atoms with Crippen molar-refractivity contribution in [2.45, 2.75) is 31.6 Å². The Kier molecular flexibility index (Phi) is 7.18. The first-order valence-electron chi connectivity index (χ1n) is 12.3. The number of rotatable bonds is 8. The van der Waals surface area contributed by atoms with E-state index >= 15 is 0 Å². The van der Waals surface area contributed by atoms with Crippen LogP contribution >= 0.6 is 0 Å². The van der Waals surface area contributed by atoms with Crippen LogP contribution in [0.2, 0.25) is 0 Å². The summed E-state index contributed by atoms with van der Waals surface area (Å²) in [6.45, 7) is 3.22. The van der Waals surface area contributed by atoms with Gasteiger partial charge in [0.25, 0.3) is 0 Å². The third kappa shape index (κ3) is 5.69. The smallest absolute Gasteiger partial charge is 0.408 e. The molecule has 3 saturated heterocycles. The first-order valence-corrected chi connectivity index (χ1v) is 12.3. The number of ether oxygens (including phenoxy) is 2. The molecular formula is C29H30N2O5. The summed E-state index contributed by atoms with van der Waals surface area (Å²) < 4.78 is 11.9. The summed E-state index contributed by atoms with van der Waals surface area (Å²) in [6, 6.07) is 23.6. The van der Waals surface area contributed by atoms with Crippen LogP contribution in [0.5, 0.6) is 5.75 Å². The number of hydrogen-bond acceptors (Lipinski definition) is 5. The number of carboxylic acid groups (broad SMARTS) is 1. The molecule has 3 fully saturated rings. The van der Waals surface area contributed by atoms with Crippen molar-refractivity contribution in [3.8, 4) is 5.75 Å². The lowest BCUT2D eigenvalue weighted by molar-refractivity contribution is -0.0336. The van der Waals surface area contributed by atoms with Gasteiger partial charge < -0.3 is 19.9 Å². The van der Waals surface area contributed by atoms with Crippen molar-refractivity contribution >= 4 is 12.1 Å². The summed E-state index contributed by atoms with van der Waals surface area (Å²) in [6.07, 6.45) is 1.67. The summed E-state index contributed by atoms with van der Waals surface area (Å²) in [7, 11) is 0. The van der Waals surface area contributed by atoms with Crippen LogP contribution in [0.3, 0.4) is 0 Å². The molecule has 36 heavy (non-hydrogen) atoms. The quantitative estimate of drug-likeness (QED) is 0.472. The van der Waals surface area contributed by atoms with E-state index in [2.05, 4.69) is 10.2 Å². The van der Waals surface area contributed by atoms with E-state index in [9.17, 15) is 14.7 Å². The predicted molar refractivity (Wildman–Crippen MR) is 135 cm³/mol. The zero-order valence-electron chi connectivity index (χ0n) is 20.0. The molecule has 2 N–H and O–H groups in total. The summed E-state index contributed by atoms with van der Waals surface area (Å²) >= 11 is 0. The van der Waals surface area contributed by atoms with Gasteiger partial charge >= 0.3 is 12.1 Å². The summed E-state index contributed by atoms with van der Waals surface area (Å²) in [5.41, 5.74) is 2.79. The fraction of sp³-hybridized carbons (Fsp3) is 0.310. The molecule has 1 unspecified atom stereocenters. The Morgan fingerprint density at radius 1 is 0.944 bits per heavy atom. The maximum atomic E-state index is 13.0. The van der Waals surface area contributed by atoms with Crippen molar-refractivity contribution in [3.05, 3.63) is 101 Å². The Morgan fingerprint density at radius 3 is 2.42 bits per heavy atom. The highest BCUT2D eigenvalue weighted by molar-refractivity contribution is 5.87. The molecular weight excluding hydrogens is 456 g/mol. The molecule has 2 bridgehead atoms. The molecule has 1 amide bonds. The van der Waals surface area contributed by atoms with Crippen molar-refractivity contribution in [2.75, 3.05) is 19.6 Å². The van der Waals surface area contributed by atoms with E-state index in [1.54, 1.807) is 18.2 Å². The van der Waals surface area contributed by atoms with E-state index < -0.39 is 18.1 Å². The zero-order chi connectivity index (χ0) is 24.9. The molecule has 0 aliphatic carbocycles. The summed E-state index contributed by atoms with van der Waals surface area (Å²) in [5.74, 6) is 0.0924. The number of carbonyl (C=O) groups excluding carboxylic acids is 1. The fourth-order valence-corrected chi connectivity index (χ4v) is 5.08. The molecule has 3 aliphatic rings. The van der Waals surface area contributed by atoms with E-state index in [0.717, 1.165) is 49.2 Å². The molecule has 0 aromatic heterocycles. The van der Waals surface area contributed by atoms with Gasteiger partial charge in [-0.25, -0.2) is 9.59 Å². The van der Waals surface area contributed by atoms with E-state index in [4.69, 9.17) is 9.47 Å². The Morgan fingerprint density at radius 2 is 1.69 bits per heavy atom. The number of aromatic carboxylic acids is 1. The first-order chi connectivity index (χ1) is 17.5. The number of benzene rings is 3. The second-order valence-electron chi connectivity index (χ2n) is 9.44. The Hall–Kier alpha value is -3.84. The second-order valence-corrected chi connectivity index (χ2v) is 9.44. The minimum Gasteiger partial charge on any atom is -0.489 e. The number of piperidine rings is 3. The van der Waals surface area contributed by atoms with E-state index in [1.807, 2.05) is 60.7 Å². The summed E-state index contributed by atoms with van der Waals surface area (Å²) in [5, 5.41) is 12.3. The Bertz CT molecular complexity index is 1210. The van der Waals surface area contributed by atoms with E-state index in [1.165, 1.54) is 0 Å². The molecule has 0 saturated carbocycles. The van der Waals surface area contributed by atoms with Gasteiger partial charge in [0.2, 0.25) is 0 Å². The van der Waals surface area contributed by atoms with Crippen LogP contribution < -0.4 is 10.1 Å². The largest absolute Gasteiger partial charge is 0.489 e. The van der Waals surface area contributed by atoms with Crippen LogP contribution in [-0.4, -0.2) is 47.8 Å². The average Bonchev–Trinajstić information content (AvgIpc) is 2.92. The van der Waals surface area contributed by atoms with Crippen molar-refractivity contribution in [3.63, 3.8) is 0 Å². The second kappa shape index (κ2) is 10.8. The SMILES string of the molecule is O=C(NC(c1ccccc1)c1cccc(OCc2cccc(C(=O)O)c2)c1)O[C@H]1CN2CCC1CC2. The van der Waals surface area contributed by atoms with Crippen LogP contribution in [0, 0.1) is 5.92 Å². The highest BCUT2D eigenvalue weighted by Crippen LogP contribution is 2.30. The van der Waals surface area contributed by atoms with Crippen molar-refractivity contribution in [1.82, 2.24) is 10.2 Å².